The molecule has 0 spiro atoms. The number of aliphatic hydroxyl groups is 1. The van der Waals surface area contributed by atoms with Crippen LogP contribution in [-0.4, -0.2) is 48.3 Å². The summed E-state index contributed by atoms with van der Waals surface area (Å²) < 4.78 is 33.7. The van der Waals surface area contributed by atoms with E-state index in [1.54, 1.807) is 31.5 Å². The number of likely N-dealkylation sites (tertiary alicyclic amines) is 1. The van der Waals surface area contributed by atoms with Crippen molar-refractivity contribution in [3.05, 3.63) is 71.7 Å². The molecule has 1 aliphatic heterocycles. The van der Waals surface area contributed by atoms with Gasteiger partial charge in [0.25, 0.3) is 0 Å². The van der Waals surface area contributed by atoms with Gasteiger partial charge in [0.05, 0.1) is 19.2 Å². The second-order valence-corrected chi connectivity index (χ2v) is 8.86. The minimum Gasteiger partial charge on any atom is -0.497 e. The van der Waals surface area contributed by atoms with E-state index in [1.165, 1.54) is 12.1 Å². The molecule has 1 saturated heterocycles. The summed E-state index contributed by atoms with van der Waals surface area (Å²) >= 11 is 0. The number of piperidine rings is 1. The van der Waals surface area contributed by atoms with Gasteiger partial charge in [-0.3, -0.25) is 9.88 Å². The van der Waals surface area contributed by atoms with Crippen LogP contribution < -0.4 is 4.74 Å². The highest BCUT2D eigenvalue weighted by molar-refractivity contribution is 5.83. The van der Waals surface area contributed by atoms with Crippen molar-refractivity contribution in [3.63, 3.8) is 0 Å². The number of aliphatic hydroxyl groups excluding tert-OH is 1. The van der Waals surface area contributed by atoms with E-state index >= 15 is 4.39 Å². The van der Waals surface area contributed by atoms with Crippen molar-refractivity contribution in [3.8, 4) is 17.6 Å². The zero-order chi connectivity index (χ0) is 23.9. The van der Waals surface area contributed by atoms with E-state index in [-0.39, 0.29) is 24.3 Å². The van der Waals surface area contributed by atoms with Crippen molar-refractivity contribution in [2.24, 2.45) is 11.8 Å². The Hall–Kier alpha value is -3.01. The Kier molecular flexibility index (Phi) is 8.10. The van der Waals surface area contributed by atoms with Gasteiger partial charge in [-0.15, -0.1) is 0 Å². The van der Waals surface area contributed by atoms with E-state index in [0.717, 1.165) is 42.4 Å². The lowest BCUT2D eigenvalue weighted by Crippen LogP contribution is -2.42. The van der Waals surface area contributed by atoms with E-state index in [9.17, 15) is 9.50 Å². The molecule has 1 aliphatic rings. The third-order valence-electron chi connectivity index (χ3n) is 6.70. The third-order valence-corrected chi connectivity index (χ3v) is 6.70. The second kappa shape index (κ2) is 11.4. The molecule has 3 atom stereocenters. The molecular weight excluding hydrogens is 434 g/mol. The summed E-state index contributed by atoms with van der Waals surface area (Å²) in [7, 11) is 1.60. The average molecular weight is 465 g/mol. The number of alkyl halides is 1. The highest BCUT2D eigenvalue weighted by Gasteiger charge is 2.29. The van der Waals surface area contributed by atoms with Gasteiger partial charge in [-0.25, -0.2) is 8.78 Å². The predicted molar refractivity (Wildman–Crippen MR) is 130 cm³/mol. The lowest BCUT2D eigenvalue weighted by Gasteiger charge is -2.37. The Balaban J connectivity index is 1.33. The van der Waals surface area contributed by atoms with Crippen LogP contribution >= 0.6 is 0 Å². The summed E-state index contributed by atoms with van der Waals surface area (Å²) in [4.78, 5) is 6.57. The van der Waals surface area contributed by atoms with Crippen LogP contribution in [0.4, 0.5) is 8.78 Å². The molecule has 0 aliphatic carbocycles. The molecule has 34 heavy (non-hydrogen) atoms. The van der Waals surface area contributed by atoms with Crippen LogP contribution in [0.1, 0.15) is 36.6 Å². The number of nitrogens with zero attached hydrogens (tertiary/aromatic N) is 2. The molecule has 4 rings (SSSR count). The van der Waals surface area contributed by atoms with Crippen LogP contribution in [0.2, 0.25) is 0 Å². The van der Waals surface area contributed by atoms with Crippen molar-refractivity contribution >= 4 is 10.9 Å². The number of fused-ring (bicyclic) bond motifs is 1. The number of hydrogen-bond donors (Lipinski definition) is 1. The van der Waals surface area contributed by atoms with Gasteiger partial charge in [0, 0.05) is 30.3 Å². The summed E-state index contributed by atoms with van der Waals surface area (Å²) in [5.74, 6) is 6.99. The van der Waals surface area contributed by atoms with Gasteiger partial charge in [0.15, 0.2) is 0 Å². The van der Waals surface area contributed by atoms with E-state index in [1.807, 2.05) is 18.2 Å². The molecule has 178 valence electrons. The number of pyridine rings is 1. The van der Waals surface area contributed by atoms with Crippen LogP contribution in [0.15, 0.2) is 54.7 Å². The number of aromatic nitrogens is 1. The van der Waals surface area contributed by atoms with E-state index in [2.05, 4.69) is 21.7 Å². The Bertz CT molecular complexity index is 1160. The standard InChI is InChI=1S/C28H30F2N2O2/c1-34-24-9-11-28-26(17-24)25(12-14-31-28)27(30)10-6-21-13-16-32(18-22(21)19-33)15-2-3-20-4-7-23(29)8-5-20/h4-5,7-9,11-12,14,17,21-22,27,33H,6,10,13,15-16,18-19H2,1H3/t21-,22-,27-/m1/s1. The first-order valence-electron chi connectivity index (χ1n) is 11.7. The molecule has 6 heteroatoms. The number of ether oxygens (including phenoxy) is 1. The molecule has 1 aromatic heterocycles. The fourth-order valence-corrected chi connectivity index (χ4v) is 4.74. The summed E-state index contributed by atoms with van der Waals surface area (Å²) in [6.45, 7) is 2.28. The molecule has 4 nitrogen and oxygen atoms in total. The van der Waals surface area contributed by atoms with Gasteiger partial charge < -0.3 is 9.84 Å². The molecule has 0 amide bonds. The Labute approximate surface area is 199 Å². The Morgan fingerprint density at radius 3 is 2.76 bits per heavy atom. The monoisotopic (exact) mass is 464 g/mol. The zero-order valence-electron chi connectivity index (χ0n) is 19.4. The topological polar surface area (TPSA) is 45.6 Å². The highest BCUT2D eigenvalue weighted by atomic mass is 19.1. The number of rotatable bonds is 7. The fourth-order valence-electron chi connectivity index (χ4n) is 4.74. The summed E-state index contributed by atoms with van der Waals surface area (Å²) in [5, 5.41) is 10.8. The van der Waals surface area contributed by atoms with Gasteiger partial charge in [0.2, 0.25) is 0 Å². The van der Waals surface area contributed by atoms with Crippen LogP contribution in [0, 0.1) is 29.5 Å². The number of hydrogen-bond acceptors (Lipinski definition) is 4. The van der Waals surface area contributed by atoms with Gasteiger partial charge in [-0.2, -0.15) is 0 Å². The molecule has 3 aromatic rings. The maximum absolute atomic E-state index is 15.3. The first-order valence-corrected chi connectivity index (χ1v) is 11.7. The minimum atomic E-state index is -1.10. The smallest absolute Gasteiger partial charge is 0.126 e. The SMILES string of the molecule is COc1ccc2nccc([C@H](F)CC[C@@H]3CCN(CC#Cc4ccc(F)cc4)C[C@@H]3CO)c2c1. The Morgan fingerprint density at radius 2 is 2.00 bits per heavy atom. The third kappa shape index (κ3) is 5.91. The average Bonchev–Trinajstić information content (AvgIpc) is 2.88. The largest absolute Gasteiger partial charge is 0.497 e. The highest BCUT2D eigenvalue weighted by Crippen LogP contribution is 2.35. The lowest BCUT2D eigenvalue weighted by molar-refractivity contribution is 0.0708. The van der Waals surface area contributed by atoms with E-state index in [4.69, 9.17) is 4.74 Å². The number of benzene rings is 2. The van der Waals surface area contributed by atoms with Gasteiger partial charge in [0.1, 0.15) is 17.7 Å². The van der Waals surface area contributed by atoms with Crippen LogP contribution in [0.5, 0.6) is 5.75 Å². The van der Waals surface area contributed by atoms with Crippen LogP contribution in [-0.2, 0) is 0 Å². The van der Waals surface area contributed by atoms with Crippen molar-refractivity contribution in [1.82, 2.24) is 9.88 Å². The normalized spacial score (nSPS) is 19.4. The van der Waals surface area contributed by atoms with Gasteiger partial charge in [-0.1, -0.05) is 11.8 Å². The van der Waals surface area contributed by atoms with Crippen molar-refractivity contribution in [2.45, 2.75) is 25.4 Å². The summed E-state index contributed by atoms with van der Waals surface area (Å²) in [6.07, 6.45) is 2.58. The Morgan fingerprint density at radius 1 is 1.18 bits per heavy atom. The number of methoxy groups -OCH3 is 1. The van der Waals surface area contributed by atoms with E-state index < -0.39 is 6.17 Å². The number of halogens is 2. The maximum Gasteiger partial charge on any atom is 0.126 e. The zero-order valence-corrected chi connectivity index (χ0v) is 19.4. The fraction of sp³-hybridized carbons (Fsp3) is 0.393. The van der Waals surface area contributed by atoms with Crippen LogP contribution in [0.25, 0.3) is 10.9 Å². The molecule has 2 aromatic carbocycles. The lowest BCUT2D eigenvalue weighted by atomic mass is 9.81. The second-order valence-electron chi connectivity index (χ2n) is 8.86. The minimum absolute atomic E-state index is 0.0822. The summed E-state index contributed by atoms with van der Waals surface area (Å²) in [5.41, 5.74) is 2.17. The van der Waals surface area contributed by atoms with E-state index in [0.29, 0.717) is 24.3 Å². The molecule has 0 unspecified atom stereocenters. The first-order chi connectivity index (χ1) is 16.6. The molecule has 1 N–H and O–H groups in total. The molecule has 2 heterocycles. The molecule has 0 saturated carbocycles. The van der Waals surface area contributed by atoms with Crippen molar-refractivity contribution < 1.29 is 18.6 Å². The molecular formula is C28H30F2N2O2. The predicted octanol–water partition coefficient (Wildman–Crippen LogP) is 5.16. The van der Waals surface area contributed by atoms with Crippen molar-refractivity contribution in [2.75, 3.05) is 33.4 Å². The molecule has 0 bridgehead atoms. The van der Waals surface area contributed by atoms with Gasteiger partial charge >= 0.3 is 0 Å². The molecule has 0 radical (unpaired) electrons. The quantitative estimate of drug-likeness (QED) is 0.491. The molecule has 1 fully saturated rings. The maximum atomic E-state index is 15.3. The van der Waals surface area contributed by atoms with Crippen molar-refractivity contribution in [1.29, 1.82) is 0 Å². The first kappa shape index (κ1) is 24.1. The van der Waals surface area contributed by atoms with Crippen LogP contribution in [0.3, 0.4) is 0 Å². The van der Waals surface area contributed by atoms with Gasteiger partial charge in [-0.05, 0) is 91.7 Å². The summed E-state index contributed by atoms with van der Waals surface area (Å²) in [6, 6.07) is 13.4.